The van der Waals surface area contributed by atoms with Crippen molar-refractivity contribution in [1.82, 2.24) is 19.9 Å². The van der Waals surface area contributed by atoms with E-state index in [0.717, 1.165) is 23.3 Å². The number of aromatic nitrogens is 3. The van der Waals surface area contributed by atoms with Crippen LogP contribution >= 0.6 is 11.3 Å². The molecule has 0 aliphatic heterocycles. The van der Waals surface area contributed by atoms with Gasteiger partial charge in [0.05, 0.1) is 23.9 Å². The largest absolute Gasteiger partial charge is 0.332 e. The lowest BCUT2D eigenvalue weighted by Crippen LogP contribution is -2.15. The SMILES string of the molecule is Cn1cncc1-c1nc(C2CC2)c(CNC2CC2)s1. The number of nitrogens with one attached hydrogen (secondary N) is 1. The van der Waals surface area contributed by atoms with Crippen LogP contribution in [0, 0.1) is 0 Å². The number of hydrogen-bond acceptors (Lipinski definition) is 4. The van der Waals surface area contributed by atoms with Gasteiger partial charge in [-0.05, 0) is 25.7 Å². The third-order valence-corrected chi connectivity index (χ3v) is 4.95. The molecule has 0 aromatic carbocycles. The quantitative estimate of drug-likeness (QED) is 0.911. The van der Waals surface area contributed by atoms with E-state index in [-0.39, 0.29) is 0 Å². The van der Waals surface area contributed by atoms with Crippen LogP contribution in [-0.4, -0.2) is 20.6 Å². The maximum Gasteiger partial charge on any atom is 0.142 e. The van der Waals surface area contributed by atoms with Crippen LogP contribution in [0.5, 0.6) is 0 Å². The van der Waals surface area contributed by atoms with E-state index in [9.17, 15) is 0 Å². The summed E-state index contributed by atoms with van der Waals surface area (Å²) in [4.78, 5) is 10.5. The Kier molecular flexibility index (Phi) is 2.70. The molecule has 0 saturated heterocycles. The van der Waals surface area contributed by atoms with Crippen LogP contribution < -0.4 is 5.32 Å². The number of hydrogen-bond donors (Lipinski definition) is 1. The first-order valence-corrected chi connectivity index (χ1v) is 7.82. The molecule has 2 saturated carbocycles. The lowest BCUT2D eigenvalue weighted by Gasteiger charge is -2.01. The summed E-state index contributed by atoms with van der Waals surface area (Å²) in [5.74, 6) is 0.717. The van der Waals surface area contributed by atoms with Crippen LogP contribution in [0.3, 0.4) is 0 Å². The molecule has 5 heteroatoms. The van der Waals surface area contributed by atoms with Gasteiger partial charge >= 0.3 is 0 Å². The molecule has 1 N–H and O–H groups in total. The molecule has 0 spiro atoms. The highest BCUT2D eigenvalue weighted by Gasteiger charge is 2.31. The summed E-state index contributed by atoms with van der Waals surface area (Å²) < 4.78 is 2.05. The lowest BCUT2D eigenvalue weighted by atomic mass is 10.2. The van der Waals surface area contributed by atoms with E-state index in [0.29, 0.717) is 5.92 Å². The van der Waals surface area contributed by atoms with E-state index in [4.69, 9.17) is 4.98 Å². The van der Waals surface area contributed by atoms with Gasteiger partial charge in [0.2, 0.25) is 0 Å². The Bertz CT molecular complexity index is 592. The number of rotatable bonds is 5. The van der Waals surface area contributed by atoms with Crippen molar-refractivity contribution >= 4 is 11.3 Å². The smallest absolute Gasteiger partial charge is 0.142 e. The molecule has 0 atom stereocenters. The van der Waals surface area contributed by atoms with Crippen molar-refractivity contribution in [3.05, 3.63) is 23.1 Å². The third-order valence-electron chi connectivity index (χ3n) is 3.86. The molecule has 2 aliphatic rings. The second-order valence-corrected chi connectivity index (χ2v) is 6.73. The fourth-order valence-corrected chi connectivity index (χ4v) is 3.51. The molecule has 2 fully saturated rings. The lowest BCUT2D eigenvalue weighted by molar-refractivity contribution is 0.688. The van der Waals surface area contributed by atoms with E-state index in [1.807, 2.05) is 35.5 Å². The van der Waals surface area contributed by atoms with Gasteiger partial charge < -0.3 is 9.88 Å². The van der Waals surface area contributed by atoms with Crippen molar-refractivity contribution < 1.29 is 0 Å². The topological polar surface area (TPSA) is 42.7 Å². The van der Waals surface area contributed by atoms with Crippen LogP contribution in [0.1, 0.15) is 42.2 Å². The van der Waals surface area contributed by atoms with E-state index in [1.165, 1.54) is 36.3 Å². The molecule has 2 heterocycles. The average molecular weight is 274 g/mol. The van der Waals surface area contributed by atoms with E-state index < -0.39 is 0 Å². The summed E-state index contributed by atoms with van der Waals surface area (Å²) in [6.07, 6.45) is 9.05. The predicted molar refractivity (Wildman–Crippen MR) is 76.2 cm³/mol. The number of aryl methyl sites for hydroxylation is 1. The van der Waals surface area contributed by atoms with Gasteiger partial charge in [-0.25, -0.2) is 9.97 Å². The van der Waals surface area contributed by atoms with Crippen molar-refractivity contribution in [3.8, 4) is 10.7 Å². The first-order valence-electron chi connectivity index (χ1n) is 7.01. The van der Waals surface area contributed by atoms with Gasteiger partial charge in [0, 0.05) is 30.4 Å². The summed E-state index contributed by atoms with van der Waals surface area (Å²) in [5, 5.41) is 4.74. The third kappa shape index (κ3) is 2.32. The van der Waals surface area contributed by atoms with Crippen molar-refractivity contribution in [2.75, 3.05) is 0 Å². The minimum atomic E-state index is 0.717. The summed E-state index contributed by atoms with van der Waals surface area (Å²) in [6, 6.07) is 0.759. The molecule has 0 bridgehead atoms. The Balaban J connectivity index is 1.64. The highest BCUT2D eigenvalue weighted by Crippen LogP contribution is 2.44. The summed E-state index contributed by atoms with van der Waals surface area (Å²) in [7, 11) is 2.03. The van der Waals surface area contributed by atoms with Gasteiger partial charge in [-0.2, -0.15) is 0 Å². The van der Waals surface area contributed by atoms with Gasteiger partial charge in [-0.15, -0.1) is 11.3 Å². The highest BCUT2D eigenvalue weighted by molar-refractivity contribution is 7.15. The Labute approximate surface area is 116 Å². The van der Waals surface area contributed by atoms with Crippen LogP contribution in [0.15, 0.2) is 12.5 Å². The number of imidazole rings is 1. The molecule has 0 unspecified atom stereocenters. The fourth-order valence-electron chi connectivity index (χ4n) is 2.36. The van der Waals surface area contributed by atoms with Crippen LogP contribution in [-0.2, 0) is 13.6 Å². The van der Waals surface area contributed by atoms with E-state index >= 15 is 0 Å². The minimum Gasteiger partial charge on any atom is -0.332 e. The first-order chi connectivity index (χ1) is 9.31. The zero-order valence-corrected chi connectivity index (χ0v) is 11.9. The molecule has 19 heavy (non-hydrogen) atoms. The van der Waals surface area contributed by atoms with Crippen molar-refractivity contribution in [1.29, 1.82) is 0 Å². The minimum absolute atomic E-state index is 0.717. The van der Waals surface area contributed by atoms with Gasteiger partial charge in [0.25, 0.3) is 0 Å². The van der Waals surface area contributed by atoms with E-state index in [2.05, 4.69) is 10.3 Å². The highest BCUT2D eigenvalue weighted by atomic mass is 32.1. The van der Waals surface area contributed by atoms with Crippen molar-refractivity contribution in [3.63, 3.8) is 0 Å². The maximum absolute atomic E-state index is 4.89. The Morgan fingerprint density at radius 3 is 2.84 bits per heavy atom. The fraction of sp³-hybridized carbons (Fsp3) is 0.571. The summed E-state index contributed by atoms with van der Waals surface area (Å²) in [5.41, 5.74) is 2.47. The Hall–Kier alpha value is -1.20. The molecular weight excluding hydrogens is 256 g/mol. The van der Waals surface area contributed by atoms with Gasteiger partial charge in [0.1, 0.15) is 5.01 Å². The molecule has 100 valence electrons. The van der Waals surface area contributed by atoms with Crippen LogP contribution in [0.25, 0.3) is 10.7 Å². The second kappa shape index (κ2) is 4.42. The van der Waals surface area contributed by atoms with Crippen LogP contribution in [0.4, 0.5) is 0 Å². The molecule has 4 rings (SSSR count). The zero-order chi connectivity index (χ0) is 12.8. The van der Waals surface area contributed by atoms with Gasteiger partial charge in [-0.3, -0.25) is 0 Å². The first kappa shape index (κ1) is 11.6. The molecule has 0 amide bonds. The van der Waals surface area contributed by atoms with Gasteiger partial charge in [0.15, 0.2) is 0 Å². The normalized spacial score (nSPS) is 19.0. The molecule has 2 aliphatic carbocycles. The van der Waals surface area contributed by atoms with Gasteiger partial charge in [-0.1, -0.05) is 0 Å². The standard InChI is InChI=1S/C14H18N4S/c1-18-8-15-6-11(18)14-17-13(9-2-3-9)12(19-14)7-16-10-4-5-10/h6,8-10,16H,2-5,7H2,1H3. The summed E-state index contributed by atoms with van der Waals surface area (Å²) >= 11 is 1.84. The van der Waals surface area contributed by atoms with Crippen molar-refractivity contribution in [2.45, 2.75) is 44.2 Å². The van der Waals surface area contributed by atoms with Crippen LogP contribution in [0.2, 0.25) is 0 Å². The number of nitrogens with zero attached hydrogens (tertiary/aromatic N) is 3. The molecule has 2 aromatic heterocycles. The molecule has 0 radical (unpaired) electrons. The number of thiazole rings is 1. The molecular formula is C14H18N4S. The molecule has 2 aromatic rings. The van der Waals surface area contributed by atoms with Crippen molar-refractivity contribution in [2.24, 2.45) is 7.05 Å². The Morgan fingerprint density at radius 1 is 1.37 bits per heavy atom. The molecule has 4 nitrogen and oxygen atoms in total. The monoisotopic (exact) mass is 274 g/mol. The second-order valence-electron chi connectivity index (χ2n) is 5.65. The average Bonchev–Trinajstić information content (AvgIpc) is 3.32. The maximum atomic E-state index is 4.89. The Morgan fingerprint density at radius 2 is 2.21 bits per heavy atom. The zero-order valence-electron chi connectivity index (χ0n) is 11.1. The predicted octanol–water partition coefficient (Wildman–Crippen LogP) is 2.67. The summed E-state index contributed by atoms with van der Waals surface area (Å²) in [6.45, 7) is 0.992. The van der Waals surface area contributed by atoms with E-state index in [1.54, 1.807) is 0 Å².